The summed E-state index contributed by atoms with van der Waals surface area (Å²) in [6, 6.07) is 2.81. The fourth-order valence-electron chi connectivity index (χ4n) is 5.14. The Kier molecular flexibility index (Phi) is 4.87. The van der Waals surface area contributed by atoms with E-state index in [9.17, 15) is 9.59 Å². The van der Waals surface area contributed by atoms with Gasteiger partial charge in [-0.3, -0.25) is 19.2 Å². The number of likely N-dealkylation sites (tertiary alicyclic amines) is 3. The van der Waals surface area contributed by atoms with Gasteiger partial charge >= 0.3 is 0 Å². The minimum atomic E-state index is 0.137. The van der Waals surface area contributed by atoms with Crippen molar-refractivity contribution >= 4 is 11.8 Å². The lowest BCUT2D eigenvalue weighted by Crippen LogP contribution is -2.56. The number of carbonyl (C=O) groups is 2. The Morgan fingerprint density at radius 2 is 1.54 bits per heavy atom. The van der Waals surface area contributed by atoms with E-state index in [0.717, 1.165) is 77.8 Å². The second-order valence-corrected chi connectivity index (χ2v) is 9.05. The molecule has 0 bridgehead atoms. The number of aromatic nitrogens is 2. The summed E-state index contributed by atoms with van der Waals surface area (Å²) in [6.45, 7) is 5.36. The van der Waals surface area contributed by atoms with E-state index in [4.69, 9.17) is 0 Å². The number of amides is 2. The number of nitrogens with zero attached hydrogens (tertiary/aromatic N) is 5. The third kappa shape index (κ3) is 3.56. The van der Waals surface area contributed by atoms with Crippen LogP contribution in [0.4, 0.5) is 0 Å². The van der Waals surface area contributed by atoms with Crippen molar-refractivity contribution in [2.45, 2.75) is 50.6 Å². The van der Waals surface area contributed by atoms with Gasteiger partial charge in [-0.1, -0.05) is 0 Å². The molecule has 28 heavy (non-hydrogen) atoms. The second-order valence-electron chi connectivity index (χ2n) is 9.05. The quantitative estimate of drug-likeness (QED) is 0.786. The summed E-state index contributed by atoms with van der Waals surface area (Å²) < 4.78 is 1.97. The van der Waals surface area contributed by atoms with Gasteiger partial charge in [0.25, 0.3) is 0 Å². The highest BCUT2D eigenvalue weighted by atomic mass is 16.2. The van der Waals surface area contributed by atoms with Crippen LogP contribution < -0.4 is 0 Å². The Bertz CT molecular complexity index is 702. The maximum Gasteiger partial charge on any atom is 0.227 e. The predicted octanol–water partition coefficient (Wildman–Crippen LogP) is 1.38. The van der Waals surface area contributed by atoms with E-state index in [0.29, 0.717) is 29.8 Å². The standard InChI is InChI=1S/C21H31N5O2/c27-20(16-4-5-16)23-11-6-18(7-12-23)24-9-1-3-17(13-24)21(28)25-14-19(15-25)26-10-2-8-22-26/h2,8,10,16-19H,1,3-7,9,11-15H2/t17-/m0/s1. The molecule has 1 saturated carbocycles. The Labute approximate surface area is 166 Å². The molecule has 3 aliphatic heterocycles. The van der Waals surface area contributed by atoms with Crippen molar-refractivity contribution in [3.8, 4) is 0 Å². The summed E-state index contributed by atoms with van der Waals surface area (Å²) in [5, 5.41) is 4.29. The van der Waals surface area contributed by atoms with Crippen LogP contribution in [0.25, 0.3) is 0 Å². The van der Waals surface area contributed by atoms with Gasteiger partial charge in [0, 0.05) is 57.1 Å². The molecule has 4 heterocycles. The van der Waals surface area contributed by atoms with E-state index in [1.807, 2.05) is 21.8 Å². The number of rotatable bonds is 4. The van der Waals surface area contributed by atoms with Crippen LogP contribution in [-0.4, -0.2) is 81.6 Å². The lowest BCUT2D eigenvalue weighted by molar-refractivity contribution is -0.144. The Hall–Kier alpha value is -1.89. The average molecular weight is 386 g/mol. The number of hydrogen-bond acceptors (Lipinski definition) is 4. The van der Waals surface area contributed by atoms with Crippen LogP contribution in [-0.2, 0) is 9.59 Å². The molecule has 3 saturated heterocycles. The smallest absolute Gasteiger partial charge is 0.227 e. The van der Waals surface area contributed by atoms with Crippen molar-refractivity contribution in [2.24, 2.45) is 11.8 Å². The van der Waals surface area contributed by atoms with Gasteiger partial charge < -0.3 is 9.80 Å². The first kappa shape index (κ1) is 18.2. The zero-order valence-electron chi connectivity index (χ0n) is 16.6. The van der Waals surface area contributed by atoms with Crippen LogP contribution >= 0.6 is 0 Å². The minimum absolute atomic E-state index is 0.137. The zero-order chi connectivity index (χ0) is 19.1. The Morgan fingerprint density at radius 1 is 0.786 bits per heavy atom. The number of carbonyl (C=O) groups excluding carboxylic acids is 2. The maximum atomic E-state index is 13.0. The van der Waals surface area contributed by atoms with Crippen LogP contribution in [0.1, 0.15) is 44.6 Å². The van der Waals surface area contributed by atoms with Gasteiger partial charge in [-0.25, -0.2) is 0 Å². The first-order valence-corrected chi connectivity index (χ1v) is 11.0. The van der Waals surface area contributed by atoms with Crippen molar-refractivity contribution in [1.82, 2.24) is 24.5 Å². The van der Waals surface area contributed by atoms with Crippen molar-refractivity contribution in [3.05, 3.63) is 18.5 Å². The summed E-state index contributed by atoms with van der Waals surface area (Å²) in [5.41, 5.74) is 0. The van der Waals surface area contributed by atoms with Crippen molar-refractivity contribution < 1.29 is 9.59 Å². The van der Waals surface area contributed by atoms with Crippen LogP contribution in [0.2, 0.25) is 0 Å². The van der Waals surface area contributed by atoms with Crippen molar-refractivity contribution in [2.75, 3.05) is 39.3 Å². The Balaban J connectivity index is 1.11. The molecule has 4 fully saturated rings. The maximum absolute atomic E-state index is 13.0. The molecule has 1 aliphatic carbocycles. The van der Waals surface area contributed by atoms with E-state index < -0.39 is 0 Å². The van der Waals surface area contributed by atoms with Crippen LogP contribution in [0, 0.1) is 11.8 Å². The normalized spacial score (nSPS) is 27.6. The Morgan fingerprint density at radius 3 is 2.21 bits per heavy atom. The fraction of sp³-hybridized carbons (Fsp3) is 0.762. The van der Waals surface area contributed by atoms with Gasteiger partial charge in [0.15, 0.2) is 0 Å². The highest BCUT2D eigenvalue weighted by molar-refractivity contribution is 5.81. The van der Waals surface area contributed by atoms with E-state index >= 15 is 0 Å². The van der Waals surface area contributed by atoms with Crippen LogP contribution in [0.15, 0.2) is 18.5 Å². The van der Waals surface area contributed by atoms with Gasteiger partial charge in [0.2, 0.25) is 11.8 Å². The molecule has 1 atom stereocenters. The second kappa shape index (κ2) is 7.50. The van der Waals surface area contributed by atoms with Crippen molar-refractivity contribution in [3.63, 3.8) is 0 Å². The first-order valence-electron chi connectivity index (χ1n) is 11.0. The minimum Gasteiger partial charge on any atom is -0.342 e. The molecule has 0 aromatic carbocycles. The summed E-state index contributed by atoms with van der Waals surface area (Å²) in [6.07, 6.45) is 10.2. The average Bonchev–Trinajstić information content (AvgIpc) is 3.42. The molecule has 152 valence electrons. The largest absolute Gasteiger partial charge is 0.342 e. The summed E-state index contributed by atoms with van der Waals surface area (Å²) in [5.74, 6) is 1.18. The molecule has 1 aromatic rings. The first-order chi connectivity index (χ1) is 13.7. The molecule has 7 nitrogen and oxygen atoms in total. The summed E-state index contributed by atoms with van der Waals surface area (Å²) in [4.78, 5) is 31.9. The van der Waals surface area contributed by atoms with Gasteiger partial charge in [-0.15, -0.1) is 0 Å². The highest BCUT2D eigenvalue weighted by Gasteiger charge is 2.39. The third-order valence-electron chi connectivity index (χ3n) is 7.09. The number of hydrogen-bond donors (Lipinski definition) is 0. The molecular weight excluding hydrogens is 354 g/mol. The van der Waals surface area contributed by atoms with Crippen LogP contribution in [0.5, 0.6) is 0 Å². The summed E-state index contributed by atoms with van der Waals surface area (Å²) in [7, 11) is 0. The molecule has 5 rings (SSSR count). The highest BCUT2D eigenvalue weighted by Crippen LogP contribution is 2.33. The summed E-state index contributed by atoms with van der Waals surface area (Å²) >= 11 is 0. The zero-order valence-corrected chi connectivity index (χ0v) is 16.6. The van der Waals surface area contributed by atoms with Gasteiger partial charge in [0.05, 0.1) is 12.0 Å². The molecular formula is C21H31N5O2. The monoisotopic (exact) mass is 385 g/mol. The third-order valence-corrected chi connectivity index (χ3v) is 7.09. The molecule has 1 aromatic heterocycles. The molecule has 0 radical (unpaired) electrons. The van der Waals surface area contributed by atoms with Crippen molar-refractivity contribution in [1.29, 1.82) is 0 Å². The van der Waals surface area contributed by atoms with Gasteiger partial charge in [0.1, 0.15) is 0 Å². The van der Waals surface area contributed by atoms with Gasteiger partial charge in [-0.2, -0.15) is 5.10 Å². The van der Waals surface area contributed by atoms with Gasteiger partial charge in [-0.05, 0) is 51.1 Å². The lowest BCUT2D eigenvalue weighted by Gasteiger charge is -2.45. The SMILES string of the molecule is O=C(C1CC1)N1CCC(N2CCC[C@H](C(=O)N3CC(n4cccn4)C3)C2)CC1. The van der Waals surface area contributed by atoms with E-state index in [1.54, 1.807) is 6.20 Å². The predicted molar refractivity (Wildman–Crippen MR) is 104 cm³/mol. The topological polar surface area (TPSA) is 61.7 Å². The van der Waals surface area contributed by atoms with Crippen LogP contribution in [0.3, 0.4) is 0 Å². The molecule has 7 heteroatoms. The molecule has 2 amide bonds. The fourth-order valence-corrected chi connectivity index (χ4v) is 5.14. The molecule has 0 N–H and O–H groups in total. The number of piperidine rings is 2. The van der Waals surface area contributed by atoms with E-state index in [2.05, 4.69) is 14.9 Å². The van der Waals surface area contributed by atoms with E-state index in [1.165, 1.54) is 0 Å². The van der Waals surface area contributed by atoms with E-state index in [-0.39, 0.29) is 5.92 Å². The molecule has 0 unspecified atom stereocenters. The molecule has 4 aliphatic rings. The lowest BCUT2D eigenvalue weighted by atomic mass is 9.91. The molecule has 0 spiro atoms.